The molecule has 3 aromatic rings. The quantitative estimate of drug-likeness (QED) is 0.668. The summed E-state index contributed by atoms with van der Waals surface area (Å²) in [6.07, 6.45) is 1.58. The highest BCUT2D eigenvalue weighted by Gasteiger charge is 2.16. The van der Waals surface area contributed by atoms with Gasteiger partial charge in [0.05, 0.1) is 31.3 Å². The van der Waals surface area contributed by atoms with Gasteiger partial charge in [0.25, 0.3) is 5.91 Å². The highest BCUT2D eigenvalue weighted by atomic mass is 16.5. The van der Waals surface area contributed by atoms with Crippen LogP contribution >= 0.6 is 0 Å². The zero-order valence-corrected chi connectivity index (χ0v) is 15.7. The van der Waals surface area contributed by atoms with Gasteiger partial charge < -0.3 is 14.8 Å². The number of rotatable bonds is 7. The third-order valence-electron chi connectivity index (χ3n) is 4.40. The zero-order chi connectivity index (χ0) is 19.2. The minimum absolute atomic E-state index is 0.221. The lowest BCUT2D eigenvalue weighted by Crippen LogP contribution is -2.14. The third-order valence-corrected chi connectivity index (χ3v) is 4.40. The van der Waals surface area contributed by atoms with Crippen LogP contribution in [0.25, 0.3) is 0 Å². The fraction of sp³-hybridized carbons (Fsp3) is 0.238. The van der Waals surface area contributed by atoms with Crippen LogP contribution in [-0.2, 0) is 12.8 Å². The van der Waals surface area contributed by atoms with Gasteiger partial charge in [0.2, 0.25) is 0 Å². The number of nitrogens with zero attached hydrogens (tertiary/aromatic N) is 1. The van der Waals surface area contributed by atoms with Crippen LogP contribution in [0.1, 0.15) is 27.3 Å². The molecule has 0 saturated carbocycles. The lowest BCUT2D eigenvalue weighted by molar-refractivity contribution is 0.102. The molecular weight excluding hydrogens is 342 g/mol. The second-order valence-corrected chi connectivity index (χ2v) is 6.18. The fourth-order valence-electron chi connectivity index (χ4n) is 2.90. The van der Waals surface area contributed by atoms with Crippen molar-refractivity contribution in [3.63, 3.8) is 0 Å². The number of nitrogens with one attached hydrogen (secondary N) is 2. The highest BCUT2D eigenvalue weighted by molar-refractivity contribution is 6.05. The molecule has 0 aliphatic carbocycles. The van der Waals surface area contributed by atoms with E-state index in [-0.39, 0.29) is 5.91 Å². The monoisotopic (exact) mass is 365 g/mol. The van der Waals surface area contributed by atoms with Crippen LogP contribution in [0.5, 0.6) is 11.5 Å². The first-order chi connectivity index (χ1) is 13.1. The van der Waals surface area contributed by atoms with Crippen molar-refractivity contribution in [1.82, 2.24) is 10.2 Å². The Hall–Kier alpha value is -3.28. The summed E-state index contributed by atoms with van der Waals surface area (Å²) in [5, 5.41) is 10.3. The van der Waals surface area contributed by atoms with Crippen LogP contribution in [0, 0.1) is 6.92 Å². The summed E-state index contributed by atoms with van der Waals surface area (Å²) in [6.45, 7) is 1.89. The SMILES string of the molecule is COc1ccc(C(=O)Nc2c(CCc3ccccc3)n[nH]c2C)cc1OC. The maximum absolute atomic E-state index is 12.7. The number of aromatic nitrogens is 2. The van der Waals surface area contributed by atoms with Gasteiger partial charge in [-0.15, -0.1) is 0 Å². The first-order valence-electron chi connectivity index (χ1n) is 8.73. The molecule has 0 aliphatic rings. The fourth-order valence-corrected chi connectivity index (χ4v) is 2.90. The molecule has 0 unspecified atom stereocenters. The van der Waals surface area contributed by atoms with Gasteiger partial charge in [-0.3, -0.25) is 9.89 Å². The van der Waals surface area contributed by atoms with Crippen molar-refractivity contribution in [2.45, 2.75) is 19.8 Å². The largest absolute Gasteiger partial charge is 0.493 e. The number of carbonyl (C=O) groups excluding carboxylic acids is 1. The van der Waals surface area contributed by atoms with E-state index in [1.54, 1.807) is 32.4 Å². The predicted octanol–water partition coefficient (Wildman–Crippen LogP) is 3.77. The topological polar surface area (TPSA) is 76.2 Å². The van der Waals surface area contributed by atoms with E-state index in [4.69, 9.17) is 9.47 Å². The van der Waals surface area contributed by atoms with E-state index in [0.717, 1.165) is 29.9 Å². The summed E-state index contributed by atoms with van der Waals surface area (Å²) >= 11 is 0. The second kappa shape index (κ2) is 8.40. The summed E-state index contributed by atoms with van der Waals surface area (Å²) in [5.41, 5.74) is 4.11. The molecule has 0 aliphatic heterocycles. The minimum atomic E-state index is -0.221. The Bertz CT molecular complexity index is 920. The molecule has 2 aromatic carbocycles. The average Bonchev–Trinajstić information content (AvgIpc) is 3.06. The number of hydrogen-bond acceptors (Lipinski definition) is 4. The van der Waals surface area contributed by atoms with Crippen LogP contribution < -0.4 is 14.8 Å². The molecule has 0 saturated heterocycles. The summed E-state index contributed by atoms with van der Waals surface area (Å²) in [5.74, 6) is 0.872. The Morgan fingerprint density at radius 1 is 1.04 bits per heavy atom. The molecule has 0 radical (unpaired) electrons. The van der Waals surface area contributed by atoms with Crippen molar-refractivity contribution >= 4 is 11.6 Å². The number of methoxy groups -OCH3 is 2. The molecule has 1 heterocycles. The van der Waals surface area contributed by atoms with Crippen molar-refractivity contribution in [3.8, 4) is 11.5 Å². The van der Waals surface area contributed by atoms with Crippen molar-refractivity contribution in [2.75, 3.05) is 19.5 Å². The van der Waals surface area contributed by atoms with Crippen LogP contribution in [0.2, 0.25) is 0 Å². The second-order valence-electron chi connectivity index (χ2n) is 6.18. The van der Waals surface area contributed by atoms with Gasteiger partial charge >= 0.3 is 0 Å². The van der Waals surface area contributed by atoms with Gasteiger partial charge in [0.15, 0.2) is 11.5 Å². The van der Waals surface area contributed by atoms with Gasteiger partial charge in [-0.05, 0) is 43.5 Å². The molecule has 1 aromatic heterocycles. The number of H-pyrrole nitrogens is 1. The molecule has 140 valence electrons. The normalized spacial score (nSPS) is 10.5. The number of aromatic amines is 1. The van der Waals surface area contributed by atoms with Crippen LogP contribution in [0.15, 0.2) is 48.5 Å². The predicted molar refractivity (Wildman–Crippen MR) is 105 cm³/mol. The molecule has 0 spiro atoms. The Kier molecular flexibility index (Phi) is 5.76. The molecule has 6 nitrogen and oxygen atoms in total. The first-order valence-corrected chi connectivity index (χ1v) is 8.73. The summed E-state index contributed by atoms with van der Waals surface area (Å²) in [4.78, 5) is 12.7. The maximum Gasteiger partial charge on any atom is 0.255 e. The molecule has 2 N–H and O–H groups in total. The number of aryl methyl sites for hydroxylation is 3. The van der Waals surface area contributed by atoms with Crippen LogP contribution in [0.3, 0.4) is 0 Å². The van der Waals surface area contributed by atoms with Gasteiger partial charge in [0, 0.05) is 5.56 Å². The van der Waals surface area contributed by atoms with Crippen molar-refractivity contribution < 1.29 is 14.3 Å². The number of anilines is 1. The highest BCUT2D eigenvalue weighted by Crippen LogP contribution is 2.28. The molecule has 1 amide bonds. The van der Waals surface area contributed by atoms with Gasteiger partial charge in [-0.2, -0.15) is 5.10 Å². The standard InChI is InChI=1S/C21H23N3O3/c1-14-20(17(24-23-14)11-9-15-7-5-4-6-8-15)22-21(25)16-10-12-18(26-2)19(13-16)27-3/h4-8,10,12-13H,9,11H2,1-3H3,(H,22,25)(H,23,24). The molecular formula is C21H23N3O3. The molecule has 6 heteroatoms. The van der Waals surface area contributed by atoms with Gasteiger partial charge in [-0.25, -0.2) is 0 Å². The van der Waals surface area contributed by atoms with E-state index in [0.29, 0.717) is 17.1 Å². The van der Waals surface area contributed by atoms with E-state index in [2.05, 4.69) is 27.6 Å². The smallest absolute Gasteiger partial charge is 0.255 e. The summed E-state index contributed by atoms with van der Waals surface area (Å²) in [6, 6.07) is 15.3. The Morgan fingerprint density at radius 3 is 2.48 bits per heavy atom. The van der Waals surface area contributed by atoms with Crippen molar-refractivity contribution in [3.05, 3.63) is 71.0 Å². The van der Waals surface area contributed by atoms with E-state index in [1.807, 2.05) is 25.1 Å². The van der Waals surface area contributed by atoms with Gasteiger partial charge in [0.1, 0.15) is 0 Å². The Morgan fingerprint density at radius 2 is 1.78 bits per heavy atom. The lowest BCUT2D eigenvalue weighted by atomic mass is 10.1. The average molecular weight is 365 g/mol. The Labute approximate surface area is 158 Å². The van der Waals surface area contributed by atoms with E-state index < -0.39 is 0 Å². The zero-order valence-electron chi connectivity index (χ0n) is 15.7. The molecule has 27 heavy (non-hydrogen) atoms. The first kappa shape index (κ1) is 18.5. The number of benzene rings is 2. The van der Waals surface area contributed by atoms with Crippen LogP contribution in [-0.4, -0.2) is 30.3 Å². The van der Waals surface area contributed by atoms with E-state index >= 15 is 0 Å². The lowest BCUT2D eigenvalue weighted by Gasteiger charge is -2.11. The molecule has 0 atom stereocenters. The molecule has 0 bridgehead atoms. The summed E-state index contributed by atoms with van der Waals surface area (Å²) in [7, 11) is 3.10. The van der Waals surface area contributed by atoms with Gasteiger partial charge in [-0.1, -0.05) is 30.3 Å². The molecule has 0 fully saturated rings. The Balaban J connectivity index is 1.75. The number of amides is 1. The number of ether oxygens (including phenoxy) is 2. The van der Waals surface area contributed by atoms with Crippen LogP contribution in [0.4, 0.5) is 5.69 Å². The van der Waals surface area contributed by atoms with E-state index in [1.165, 1.54) is 5.56 Å². The number of hydrogen-bond donors (Lipinski definition) is 2. The molecule has 3 rings (SSSR count). The van der Waals surface area contributed by atoms with Crippen molar-refractivity contribution in [1.29, 1.82) is 0 Å². The van der Waals surface area contributed by atoms with E-state index in [9.17, 15) is 4.79 Å². The minimum Gasteiger partial charge on any atom is -0.493 e. The maximum atomic E-state index is 12.7. The van der Waals surface area contributed by atoms with Crippen molar-refractivity contribution in [2.24, 2.45) is 0 Å². The number of carbonyl (C=O) groups is 1. The third kappa shape index (κ3) is 4.28. The summed E-state index contributed by atoms with van der Waals surface area (Å²) < 4.78 is 10.5.